The molecule has 0 aliphatic carbocycles. The number of nitrogens with zero attached hydrogens (tertiary/aromatic N) is 3. The fourth-order valence-electron chi connectivity index (χ4n) is 3.02. The fraction of sp³-hybridized carbons (Fsp3) is 0.100. The molecule has 0 aliphatic rings. The smallest absolute Gasteiger partial charge is 0.306 e. The first-order valence-electron chi connectivity index (χ1n) is 9.35. The van der Waals surface area contributed by atoms with Crippen LogP contribution in [0.3, 0.4) is 0 Å². The standard InChI is InChI=1S/C20H13ClF3N5O3S2/c1-10-26-14-4-2-11(20(22,23)24)8-13(14)18(30)29(10)16-6-3-12(9-25-16)27-19(31)28-34(32)17-7-5-15(21)33-17/h2-9H,1H3,(H2,27,28,31). The molecule has 1 unspecified atom stereocenters. The second-order valence-electron chi connectivity index (χ2n) is 6.82. The predicted molar refractivity (Wildman–Crippen MR) is 123 cm³/mol. The van der Waals surface area contributed by atoms with Crippen molar-refractivity contribution in [1.82, 2.24) is 19.3 Å². The average Bonchev–Trinajstić information content (AvgIpc) is 3.20. The lowest BCUT2D eigenvalue weighted by Crippen LogP contribution is -2.30. The topological polar surface area (TPSA) is 106 Å². The van der Waals surface area contributed by atoms with Crippen LogP contribution in [0, 0.1) is 6.92 Å². The molecule has 1 atom stereocenters. The number of halogens is 4. The van der Waals surface area contributed by atoms with E-state index in [1.54, 1.807) is 6.07 Å². The van der Waals surface area contributed by atoms with Gasteiger partial charge in [0.1, 0.15) is 15.9 Å². The van der Waals surface area contributed by atoms with Gasteiger partial charge in [0.2, 0.25) is 0 Å². The maximum atomic E-state index is 13.1. The summed E-state index contributed by atoms with van der Waals surface area (Å²) in [6, 6.07) is 7.88. The first kappa shape index (κ1) is 23.9. The van der Waals surface area contributed by atoms with Gasteiger partial charge in [-0.25, -0.2) is 23.5 Å². The molecule has 14 heteroatoms. The first-order chi connectivity index (χ1) is 16.0. The number of aryl methyl sites for hydroxylation is 1. The summed E-state index contributed by atoms with van der Waals surface area (Å²) >= 11 is 6.85. The van der Waals surface area contributed by atoms with Gasteiger partial charge in [-0.2, -0.15) is 13.2 Å². The minimum atomic E-state index is -4.61. The molecule has 4 rings (SSSR count). The van der Waals surface area contributed by atoms with Gasteiger partial charge in [0.15, 0.2) is 11.0 Å². The van der Waals surface area contributed by atoms with Crippen molar-refractivity contribution in [2.45, 2.75) is 17.3 Å². The van der Waals surface area contributed by atoms with E-state index in [9.17, 15) is 27.0 Å². The maximum Gasteiger partial charge on any atom is 0.416 e. The third kappa shape index (κ3) is 4.95. The van der Waals surface area contributed by atoms with Crippen LogP contribution in [-0.4, -0.2) is 24.8 Å². The van der Waals surface area contributed by atoms with Gasteiger partial charge in [-0.15, -0.1) is 11.3 Å². The number of urea groups is 1. The number of carbonyl (C=O) groups excluding carboxylic acids is 1. The zero-order valence-corrected chi connectivity index (χ0v) is 19.4. The van der Waals surface area contributed by atoms with Gasteiger partial charge < -0.3 is 5.32 Å². The largest absolute Gasteiger partial charge is 0.416 e. The highest BCUT2D eigenvalue weighted by atomic mass is 35.5. The lowest BCUT2D eigenvalue weighted by atomic mass is 10.1. The second kappa shape index (κ2) is 9.16. The van der Waals surface area contributed by atoms with Crippen molar-refractivity contribution < 1.29 is 22.2 Å². The molecule has 1 aromatic carbocycles. The maximum absolute atomic E-state index is 13.1. The molecule has 0 aliphatic heterocycles. The van der Waals surface area contributed by atoms with Crippen molar-refractivity contribution in [3.8, 4) is 5.82 Å². The van der Waals surface area contributed by atoms with Gasteiger partial charge in [0.25, 0.3) is 5.56 Å². The van der Waals surface area contributed by atoms with Crippen LogP contribution in [0.1, 0.15) is 11.4 Å². The van der Waals surface area contributed by atoms with E-state index in [-0.39, 0.29) is 28.2 Å². The Morgan fingerprint density at radius 3 is 2.56 bits per heavy atom. The predicted octanol–water partition coefficient (Wildman–Crippen LogP) is 4.67. The number of hydrogen-bond acceptors (Lipinski definition) is 6. The van der Waals surface area contributed by atoms with Crippen LogP contribution in [0.25, 0.3) is 16.7 Å². The van der Waals surface area contributed by atoms with Gasteiger partial charge in [0, 0.05) is 0 Å². The Balaban J connectivity index is 1.57. The number of benzene rings is 1. The molecule has 0 saturated heterocycles. The SMILES string of the molecule is Cc1nc2ccc(C(F)(F)F)cc2c(=O)n1-c1ccc(NC(=O)NS(=O)c2ccc(Cl)s2)cn1. The quantitative estimate of drug-likeness (QED) is 0.401. The van der Waals surface area contributed by atoms with Gasteiger partial charge in [0.05, 0.1) is 32.7 Å². The molecule has 2 N–H and O–H groups in total. The van der Waals surface area contributed by atoms with Crippen LogP contribution in [0.2, 0.25) is 4.34 Å². The van der Waals surface area contributed by atoms with Crippen molar-refractivity contribution in [2.75, 3.05) is 5.32 Å². The third-order valence-electron chi connectivity index (χ3n) is 4.51. The van der Waals surface area contributed by atoms with E-state index in [1.807, 2.05) is 0 Å². The summed E-state index contributed by atoms with van der Waals surface area (Å²) in [5.74, 6) is 0.310. The molecule has 0 radical (unpaired) electrons. The number of anilines is 1. The summed E-state index contributed by atoms with van der Waals surface area (Å²) < 4.78 is 55.4. The van der Waals surface area contributed by atoms with Crippen LogP contribution >= 0.6 is 22.9 Å². The van der Waals surface area contributed by atoms with Crippen molar-refractivity contribution in [1.29, 1.82) is 0 Å². The van der Waals surface area contributed by atoms with E-state index in [1.165, 1.54) is 31.3 Å². The fourth-order valence-corrected chi connectivity index (χ4v) is 5.15. The molecule has 0 fully saturated rings. The number of aromatic nitrogens is 3. The Morgan fingerprint density at radius 2 is 1.94 bits per heavy atom. The number of thiophene rings is 1. The number of pyridine rings is 1. The Hall–Kier alpha value is -3.29. The molecule has 34 heavy (non-hydrogen) atoms. The minimum absolute atomic E-state index is 0.0945. The van der Waals surface area contributed by atoms with Crippen molar-refractivity contribution in [3.63, 3.8) is 0 Å². The molecule has 8 nitrogen and oxygen atoms in total. The van der Waals surface area contributed by atoms with Crippen molar-refractivity contribution in [2.24, 2.45) is 0 Å². The molecular weight excluding hydrogens is 515 g/mol. The zero-order valence-electron chi connectivity index (χ0n) is 17.0. The number of fused-ring (bicyclic) bond motifs is 1. The number of carbonyl (C=O) groups is 1. The summed E-state index contributed by atoms with van der Waals surface area (Å²) in [5.41, 5.74) is -1.33. The van der Waals surface area contributed by atoms with Crippen LogP contribution < -0.4 is 15.6 Å². The molecule has 0 saturated carbocycles. The summed E-state index contributed by atoms with van der Waals surface area (Å²) in [7, 11) is -1.81. The normalized spacial score (nSPS) is 12.5. The molecular formula is C20H13ClF3N5O3S2. The zero-order chi connectivity index (χ0) is 24.6. The Bertz CT molecular complexity index is 1490. The van der Waals surface area contributed by atoms with Crippen LogP contribution in [-0.2, 0) is 17.2 Å². The molecule has 3 aromatic heterocycles. The highest BCUT2D eigenvalue weighted by Crippen LogP contribution is 2.30. The lowest BCUT2D eigenvalue weighted by molar-refractivity contribution is -0.137. The monoisotopic (exact) mass is 527 g/mol. The van der Waals surface area contributed by atoms with Crippen LogP contribution in [0.4, 0.5) is 23.7 Å². The van der Waals surface area contributed by atoms with Gasteiger partial charge in [-0.05, 0) is 49.4 Å². The van der Waals surface area contributed by atoms with Gasteiger partial charge in [-0.1, -0.05) is 11.6 Å². The molecule has 0 bridgehead atoms. The molecule has 176 valence electrons. The van der Waals surface area contributed by atoms with Crippen molar-refractivity contribution in [3.05, 3.63) is 74.7 Å². The highest BCUT2D eigenvalue weighted by molar-refractivity contribution is 7.86. The lowest BCUT2D eigenvalue weighted by Gasteiger charge is -2.12. The Kier molecular flexibility index (Phi) is 6.43. The van der Waals surface area contributed by atoms with E-state index in [4.69, 9.17) is 11.6 Å². The second-order valence-corrected chi connectivity index (χ2v) is 9.97. The van der Waals surface area contributed by atoms with Gasteiger partial charge >= 0.3 is 12.2 Å². The van der Waals surface area contributed by atoms with Gasteiger partial charge in [-0.3, -0.25) is 9.52 Å². The first-order valence-corrected chi connectivity index (χ1v) is 11.7. The number of alkyl halides is 3. The number of nitrogens with one attached hydrogen (secondary N) is 2. The summed E-state index contributed by atoms with van der Waals surface area (Å²) in [4.78, 5) is 33.4. The molecule has 3 heterocycles. The summed E-state index contributed by atoms with van der Waals surface area (Å²) in [5, 5.41) is 2.24. The summed E-state index contributed by atoms with van der Waals surface area (Å²) in [6.07, 6.45) is -3.37. The molecule has 2 amide bonds. The Morgan fingerprint density at radius 1 is 1.18 bits per heavy atom. The van der Waals surface area contributed by atoms with E-state index >= 15 is 0 Å². The van der Waals surface area contributed by atoms with E-state index in [0.717, 1.165) is 34.1 Å². The molecule has 0 spiro atoms. The summed E-state index contributed by atoms with van der Waals surface area (Å²) in [6.45, 7) is 1.52. The van der Waals surface area contributed by atoms with Crippen LogP contribution in [0.15, 0.2) is 57.7 Å². The van der Waals surface area contributed by atoms with Crippen molar-refractivity contribution >= 4 is 56.5 Å². The number of hydrogen-bond donors (Lipinski definition) is 2. The minimum Gasteiger partial charge on any atom is -0.306 e. The highest BCUT2D eigenvalue weighted by Gasteiger charge is 2.31. The van der Waals surface area contributed by atoms with Crippen LogP contribution in [0.5, 0.6) is 0 Å². The Labute approximate surface area is 201 Å². The number of rotatable bonds is 4. The number of amides is 2. The average molecular weight is 528 g/mol. The van der Waals surface area contributed by atoms with E-state index in [2.05, 4.69) is 20.0 Å². The van der Waals surface area contributed by atoms with E-state index < -0.39 is 34.3 Å². The van der Waals surface area contributed by atoms with E-state index in [0.29, 0.717) is 8.55 Å². The third-order valence-corrected chi connectivity index (χ3v) is 7.12. The molecule has 4 aromatic rings.